The number of rotatable bonds is 5. The number of hydrogen-bond acceptors (Lipinski definition) is 8. The molecule has 0 bridgehead atoms. The van der Waals surface area contributed by atoms with E-state index >= 15 is 0 Å². The van der Waals surface area contributed by atoms with Crippen LogP contribution < -0.4 is 27.8 Å². The molecule has 37 heavy (non-hydrogen) atoms. The lowest BCUT2D eigenvalue weighted by Crippen LogP contribution is -2.44. The van der Waals surface area contributed by atoms with Gasteiger partial charge < -0.3 is 5.73 Å². The van der Waals surface area contributed by atoms with Crippen molar-refractivity contribution < 1.29 is 8.78 Å². The van der Waals surface area contributed by atoms with E-state index in [0.717, 1.165) is 9.13 Å². The Kier molecular flexibility index (Phi) is 6.95. The normalized spacial score (nSPS) is 10.8. The summed E-state index contributed by atoms with van der Waals surface area (Å²) in [6.07, 6.45) is 2.77. The van der Waals surface area contributed by atoms with Crippen LogP contribution in [-0.4, -0.2) is 19.1 Å². The summed E-state index contributed by atoms with van der Waals surface area (Å²) in [6, 6.07) is 7.46. The van der Waals surface area contributed by atoms with Gasteiger partial charge in [-0.1, -0.05) is 23.2 Å². The molecule has 1 aromatic carbocycles. The third kappa shape index (κ3) is 4.63. The first-order chi connectivity index (χ1) is 17.5. The van der Waals surface area contributed by atoms with E-state index in [9.17, 15) is 23.6 Å². The van der Waals surface area contributed by atoms with Crippen molar-refractivity contribution in [1.29, 1.82) is 5.26 Å². The number of nitrogens with two attached hydrogens (primary N) is 2. The van der Waals surface area contributed by atoms with Gasteiger partial charge in [0.05, 0.1) is 40.0 Å². The van der Waals surface area contributed by atoms with E-state index in [1.807, 2.05) is 6.07 Å². The van der Waals surface area contributed by atoms with Crippen LogP contribution in [0.1, 0.15) is 5.56 Å². The minimum absolute atomic E-state index is 0.0556. The van der Waals surface area contributed by atoms with Crippen LogP contribution >= 0.6 is 23.2 Å². The Morgan fingerprint density at radius 3 is 2.49 bits per heavy atom. The number of nitrogen functional groups attached to an aromatic ring is 1. The zero-order valence-corrected chi connectivity index (χ0v) is 20.4. The SMILES string of the molecule is Cc1cncc(-n2c(=O)c(N(N)c3cc(F)c(F)cc3N)c(-c3ccc(Cl)c(Cl)n3)n(CC#N)c2=O)c1. The van der Waals surface area contributed by atoms with Crippen LogP contribution in [0.25, 0.3) is 17.1 Å². The number of pyridine rings is 2. The number of benzene rings is 1. The third-order valence-electron chi connectivity index (χ3n) is 5.29. The summed E-state index contributed by atoms with van der Waals surface area (Å²) in [5.74, 6) is 3.76. The Labute approximate surface area is 217 Å². The molecule has 3 aromatic heterocycles. The number of hydrazine groups is 1. The largest absolute Gasteiger partial charge is 0.397 e. The maximum Gasteiger partial charge on any atom is 0.337 e. The lowest BCUT2D eigenvalue weighted by Gasteiger charge is -2.25. The topological polar surface area (TPSA) is 149 Å². The van der Waals surface area contributed by atoms with Gasteiger partial charge in [-0.15, -0.1) is 0 Å². The number of hydrogen-bond donors (Lipinski definition) is 2. The first-order valence-electron chi connectivity index (χ1n) is 10.4. The second kappa shape index (κ2) is 9.98. The second-order valence-corrected chi connectivity index (χ2v) is 8.51. The van der Waals surface area contributed by atoms with E-state index < -0.39 is 35.1 Å². The molecule has 0 aliphatic carbocycles. The van der Waals surface area contributed by atoms with Gasteiger partial charge in [-0.2, -0.15) is 5.26 Å². The van der Waals surface area contributed by atoms with Gasteiger partial charge in [0, 0.05) is 18.3 Å². The van der Waals surface area contributed by atoms with E-state index in [0.29, 0.717) is 22.7 Å². The highest BCUT2D eigenvalue weighted by molar-refractivity contribution is 6.41. The molecule has 10 nitrogen and oxygen atoms in total. The molecule has 0 amide bonds. The zero-order valence-electron chi connectivity index (χ0n) is 18.9. The standard InChI is InChI=1S/C23H16Cl2F2N8O2/c1-11-6-12(10-31-9-11)34-22(36)20(35(30)18-8-15(27)14(26)7-16(18)29)19(33(5-4-28)23(34)37)17-3-2-13(24)21(25)32-17/h2-3,6-10H,5,29-30H2,1H3. The third-order valence-corrected chi connectivity index (χ3v) is 5.98. The lowest BCUT2D eigenvalue weighted by atomic mass is 10.1. The number of nitriles is 1. The molecular formula is C23H16Cl2F2N8O2. The predicted molar refractivity (Wildman–Crippen MR) is 135 cm³/mol. The maximum atomic E-state index is 14.2. The highest BCUT2D eigenvalue weighted by Gasteiger charge is 2.28. The molecule has 4 N–H and O–H groups in total. The zero-order chi connectivity index (χ0) is 27.0. The van der Waals surface area contributed by atoms with E-state index in [1.54, 1.807) is 6.92 Å². The molecule has 0 atom stereocenters. The molecule has 0 aliphatic rings. The Hall–Kier alpha value is -4.31. The van der Waals surface area contributed by atoms with Crippen LogP contribution in [0.2, 0.25) is 10.2 Å². The molecule has 4 rings (SSSR count). The van der Waals surface area contributed by atoms with Crippen molar-refractivity contribution in [2.45, 2.75) is 13.5 Å². The van der Waals surface area contributed by atoms with Crippen molar-refractivity contribution in [3.05, 3.63) is 90.9 Å². The monoisotopic (exact) mass is 544 g/mol. The van der Waals surface area contributed by atoms with Gasteiger partial charge in [-0.3, -0.25) is 19.4 Å². The van der Waals surface area contributed by atoms with E-state index in [2.05, 4.69) is 9.97 Å². The van der Waals surface area contributed by atoms with Gasteiger partial charge in [0.25, 0.3) is 5.56 Å². The van der Waals surface area contributed by atoms with Crippen LogP contribution in [0, 0.1) is 29.9 Å². The Morgan fingerprint density at radius 1 is 1.14 bits per heavy atom. The molecule has 0 spiro atoms. The molecule has 3 heterocycles. The van der Waals surface area contributed by atoms with Gasteiger partial charge in [0.1, 0.15) is 23.1 Å². The van der Waals surface area contributed by atoms with E-state index in [1.165, 1.54) is 30.6 Å². The van der Waals surface area contributed by atoms with Crippen LogP contribution in [0.4, 0.5) is 25.8 Å². The highest BCUT2D eigenvalue weighted by Crippen LogP contribution is 2.34. The predicted octanol–water partition coefficient (Wildman–Crippen LogP) is 3.47. The summed E-state index contributed by atoms with van der Waals surface area (Å²) in [4.78, 5) is 35.6. The van der Waals surface area contributed by atoms with Gasteiger partial charge in [0.2, 0.25) is 0 Å². The molecule has 0 saturated heterocycles. The first-order valence-corrected chi connectivity index (χ1v) is 11.1. The molecule has 0 unspecified atom stereocenters. The van der Waals surface area contributed by atoms with Gasteiger partial charge in [-0.25, -0.2) is 29.0 Å². The molecule has 0 radical (unpaired) electrons. The van der Waals surface area contributed by atoms with Crippen molar-refractivity contribution in [3.63, 3.8) is 0 Å². The van der Waals surface area contributed by atoms with Gasteiger partial charge in [0.15, 0.2) is 11.6 Å². The minimum Gasteiger partial charge on any atom is -0.397 e. The summed E-state index contributed by atoms with van der Waals surface area (Å²) in [6.45, 7) is 1.14. The molecule has 4 aromatic rings. The van der Waals surface area contributed by atoms with Gasteiger partial charge >= 0.3 is 5.69 Å². The number of anilines is 3. The molecule has 0 fully saturated rings. The summed E-state index contributed by atoms with van der Waals surface area (Å²) >= 11 is 12.1. The quantitative estimate of drug-likeness (QED) is 0.168. The maximum absolute atomic E-state index is 14.2. The fourth-order valence-electron chi connectivity index (χ4n) is 3.65. The summed E-state index contributed by atoms with van der Waals surface area (Å²) in [5.41, 5.74) is 3.33. The second-order valence-electron chi connectivity index (χ2n) is 7.75. The van der Waals surface area contributed by atoms with Gasteiger partial charge in [-0.05, 0) is 30.7 Å². The van der Waals surface area contributed by atoms with Crippen molar-refractivity contribution in [3.8, 4) is 23.1 Å². The van der Waals surface area contributed by atoms with Crippen molar-refractivity contribution in [1.82, 2.24) is 19.1 Å². The number of nitrogens with zero attached hydrogens (tertiary/aromatic N) is 6. The molecule has 0 saturated carbocycles. The fraction of sp³-hybridized carbons (Fsp3) is 0.0870. The molecule has 0 aliphatic heterocycles. The minimum atomic E-state index is -1.29. The summed E-state index contributed by atoms with van der Waals surface area (Å²) < 4.78 is 29.6. The highest BCUT2D eigenvalue weighted by atomic mass is 35.5. The Balaban J connectivity index is 2.19. The van der Waals surface area contributed by atoms with E-state index in [-0.39, 0.29) is 38.6 Å². The number of halogens is 4. The van der Waals surface area contributed by atoms with Crippen LogP contribution in [0.3, 0.4) is 0 Å². The van der Waals surface area contributed by atoms with Crippen molar-refractivity contribution in [2.75, 3.05) is 10.7 Å². The molecular weight excluding hydrogens is 529 g/mol. The molecule has 14 heteroatoms. The Bertz CT molecular complexity index is 1720. The number of aryl methyl sites for hydroxylation is 1. The summed E-state index contributed by atoms with van der Waals surface area (Å²) in [7, 11) is 0. The van der Waals surface area contributed by atoms with Crippen LogP contribution in [0.5, 0.6) is 0 Å². The fourth-order valence-corrected chi connectivity index (χ4v) is 3.91. The average molecular weight is 545 g/mol. The first kappa shape index (κ1) is 25.8. The van der Waals surface area contributed by atoms with Crippen LogP contribution in [0.15, 0.2) is 52.3 Å². The van der Waals surface area contributed by atoms with E-state index in [4.69, 9.17) is 34.8 Å². The van der Waals surface area contributed by atoms with Crippen molar-refractivity contribution >= 4 is 40.3 Å². The summed E-state index contributed by atoms with van der Waals surface area (Å²) in [5, 5.41) is 10.1. The average Bonchev–Trinajstić information content (AvgIpc) is 2.84. The molecule has 188 valence electrons. The van der Waals surface area contributed by atoms with Crippen molar-refractivity contribution in [2.24, 2.45) is 5.84 Å². The van der Waals surface area contributed by atoms with Crippen LogP contribution in [-0.2, 0) is 6.54 Å². The number of aromatic nitrogens is 4. The Morgan fingerprint density at radius 2 is 1.84 bits per heavy atom. The smallest absolute Gasteiger partial charge is 0.337 e. The lowest BCUT2D eigenvalue weighted by molar-refractivity contribution is 0.509.